The standard InChI is InChI=1S/C23H38N2O5/c1-18(2)20(21(26)29-17-19-11-9-8-10-12-19)24(6)13-15-28-16-14-25(7)22(27)30-23(3,4)5/h8-12,18,20H,13-17H2,1-7H3. The largest absolute Gasteiger partial charge is 0.460 e. The van der Waals surface area contributed by atoms with Crippen LogP contribution in [0, 0.1) is 5.92 Å². The first-order valence-corrected chi connectivity index (χ1v) is 10.4. The van der Waals surface area contributed by atoms with Crippen LogP contribution in [0.2, 0.25) is 0 Å². The van der Waals surface area contributed by atoms with Crippen molar-refractivity contribution < 1.29 is 23.8 Å². The summed E-state index contributed by atoms with van der Waals surface area (Å²) in [5, 5.41) is 0. The van der Waals surface area contributed by atoms with Gasteiger partial charge in [0.15, 0.2) is 0 Å². The van der Waals surface area contributed by atoms with Crippen LogP contribution in [0.5, 0.6) is 0 Å². The lowest BCUT2D eigenvalue weighted by Gasteiger charge is -2.29. The predicted molar refractivity (Wildman–Crippen MR) is 117 cm³/mol. The molecule has 1 rings (SSSR count). The number of amides is 1. The Bertz CT molecular complexity index is 643. The summed E-state index contributed by atoms with van der Waals surface area (Å²) in [6, 6.07) is 9.30. The average Bonchev–Trinajstić information content (AvgIpc) is 2.65. The molecule has 1 unspecified atom stereocenters. The molecule has 7 heteroatoms. The summed E-state index contributed by atoms with van der Waals surface area (Å²) in [6.45, 7) is 11.6. The van der Waals surface area contributed by atoms with Gasteiger partial charge in [0.05, 0.1) is 13.2 Å². The fraction of sp³-hybridized carbons (Fsp3) is 0.652. The third-order valence-corrected chi connectivity index (χ3v) is 4.44. The number of nitrogens with zero attached hydrogens (tertiary/aromatic N) is 2. The summed E-state index contributed by atoms with van der Waals surface area (Å²) in [4.78, 5) is 28.0. The van der Waals surface area contributed by atoms with Crippen molar-refractivity contribution in [2.45, 2.75) is 52.9 Å². The SMILES string of the molecule is CC(C)C(C(=O)OCc1ccccc1)N(C)CCOCCN(C)C(=O)OC(C)(C)C. The van der Waals surface area contributed by atoms with Gasteiger partial charge in [-0.05, 0) is 39.3 Å². The Labute approximate surface area is 181 Å². The summed E-state index contributed by atoms with van der Waals surface area (Å²) in [5.74, 6) is -0.127. The van der Waals surface area contributed by atoms with E-state index >= 15 is 0 Å². The smallest absolute Gasteiger partial charge is 0.410 e. The lowest BCUT2D eigenvalue weighted by Crippen LogP contribution is -2.45. The number of carbonyl (C=O) groups excluding carboxylic acids is 2. The van der Waals surface area contributed by atoms with Crippen molar-refractivity contribution in [2.75, 3.05) is 40.4 Å². The van der Waals surface area contributed by atoms with E-state index in [-0.39, 0.29) is 30.6 Å². The summed E-state index contributed by atoms with van der Waals surface area (Å²) >= 11 is 0. The van der Waals surface area contributed by atoms with Crippen LogP contribution in [0.1, 0.15) is 40.2 Å². The highest BCUT2D eigenvalue weighted by Gasteiger charge is 2.28. The number of likely N-dealkylation sites (N-methyl/N-ethyl adjacent to an activating group) is 2. The van der Waals surface area contributed by atoms with Gasteiger partial charge in [0.1, 0.15) is 18.2 Å². The van der Waals surface area contributed by atoms with E-state index in [4.69, 9.17) is 14.2 Å². The summed E-state index contributed by atoms with van der Waals surface area (Å²) in [6.07, 6.45) is -0.371. The first kappa shape index (κ1) is 25.9. The number of hydrogen-bond donors (Lipinski definition) is 0. The second kappa shape index (κ2) is 12.5. The second-order valence-corrected chi connectivity index (χ2v) is 8.78. The van der Waals surface area contributed by atoms with E-state index in [1.165, 1.54) is 4.90 Å². The van der Waals surface area contributed by atoms with E-state index in [1.54, 1.807) is 7.05 Å². The molecule has 1 amide bonds. The van der Waals surface area contributed by atoms with Crippen LogP contribution in [0.3, 0.4) is 0 Å². The van der Waals surface area contributed by atoms with E-state index in [1.807, 2.05) is 76.9 Å². The summed E-state index contributed by atoms with van der Waals surface area (Å²) in [5.41, 5.74) is 0.448. The maximum atomic E-state index is 12.6. The predicted octanol–water partition coefficient (Wildman–Crippen LogP) is 3.57. The van der Waals surface area contributed by atoms with Gasteiger partial charge in [-0.1, -0.05) is 44.2 Å². The van der Waals surface area contributed by atoms with Gasteiger partial charge in [-0.3, -0.25) is 9.69 Å². The van der Waals surface area contributed by atoms with E-state index in [2.05, 4.69) is 0 Å². The molecule has 0 aliphatic heterocycles. The molecular weight excluding hydrogens is 384 g/mol. The third kappa shape index (κ3) is 10.1. The van der Waals surface area contributed by atoms with Crippen molar-refractivity contribution in [3.05, 3.63) is 35.9 Å². The minimum Gasteiger partial charge on any atom is -0.460 e. The maximum Gasteiger partial charge on any atom is 0.410 e. The molecule has 170 valence electrons. The van der Waals surface area contributed by atoms with E-state index < -0.39 is 5.60 Å². The fourth-order valence-corrected chi connectivity index (χ4v) is 2.86. The van der Waals surface area contributed by atoms with Gasteiger partial charge in [0.25, 0.3) is 0 Å². The Morgan fingerprint density at radius 1 is 1.00 bits per heavy atom. The van der Waals surface area contributed by atoms with Crippen LogP contribution in [0.25, 0.3) is 0 Å². The summed E-state index contributed by atoms with van der Waals surface area (Å²) < 4.78 is 16.5. The molecule has 30 heavy (non-hydrogen) atoms. The van der Waals surface area contributed by atoms with Crippen molar-refractivity contribution in [2.24, 2.45) is 5.92 Å². The van der Waals surface area contributed by atoms with Crippen LogP contribution in [0.4, 0.5) is 4.79 Å². The number of hydrogen-bond acceptors (Lipinski definition) is 6. The molecule has 0 saturated carbocycles. The number of ether oxygens (including phenoxy) is 3. The normalized spacial score (nSPS) is 12.7. The molecule has 0 aliphatic carbocycles. The van der Waals surface area contributed by atoms with Crippen molar-refractivity contribution in [1.82, 2.24) is 9.80 Å². The number of carbonyl (C=O) groups is 2. The van der Waals surface area contributed by atoms with Crippen molar-refractivity contribution in [3.8, 4) is 0 Å². The Balaban J connectivity index is 2.36. The Hall–Kier alpha value is -2.12. The minimum absolute atomic E-state index is 0.108. The van der Waals surface area contributed by atoms with E-state index in [0.29, 0.717) is 26.3 Å². The zero-order valence-corrected chi connectivity index (χ0v) is 19.5. The first-order valence-electron chi connectivity index (χ1n) is 10.4. The topological polar surface area (TPSA) is 68.3 Å². The molecule has 1 aromatic rings. The lowest BCUT2D eigenvalue weighted by atomic mass is 10.0. The highest BCUT2D eigenvalue weighted by atomic mass is 16.6. The quantitative estimate of drug-likeness (QED) is 0.401. The third-order valence-electron chi connectivity index (χ3n) is 4.44. The maximum absolute atomic E-state index is 12.6. The molecule has 0 N–H and O–H groups in total. The minimum atomic E-state index is -0.518. The Morgan fingerprint density at radius 3 is 2.17 bits per heavy atom. The molecule has 0 bridgehead atoms. The first-order chi connectivity index (χ1) is 14.0. The fourth-order valence-electron chi connectivity index (χ4n) is 2.86. The molecule has 0 heterocycles. The van der Waals surface area contributed by atoms with E-state index in [0.717, 1.165) is 5.56 Å². The molecule has 1 aromatic carbocycles. The van der Waals surface area contributed by atoms with Gasteiger partial charge in [-0.2, -0.15) is 0 Å². The number of esters is 1. The number of rotatable bonds is 11. The molecule has 1 atom stereocenters. The van der Waals surface area contributed by atoms with Crippen molar-refractivity contribution >= 4 is 12.1 Å². The highest BCUT2D eigenvalue weighted by molar-refractivity contribution is 5.76. The highest BCUT2D eigenvalue weighted by Crippen LogP contribution is 2.13. The van der Waals surface area contributed by atoms with Gasteiger partial charge in [0, 0.05) is 20.1 Å². The van der Waals surface area contributed by atoms with Crippen molar-refractivity contribution in [1.29, 1.82) is 0 Å². The van der Waals surface area contributed by atoms with Crippen LogP contribution < -0.4 is 0 Å². The van der Waals surface area contributed by atoms with Gasteiger partial charge in [-0.25, -0.2) is 4.79 Å². The Kier molecular flexibility index (Phi) is 10.8. The average molecular weight is 423 g/mol. The molecule has 0 fully saturated rings. The lowest BCUT2D eigenvalue weighted by molar-refractivity contribution is -0.153. The van der Waals surface area contributed by atoms with Crippen LogP contribution in [0.15, 0.2) is 30.3 Å². The van der Waals surface area contributed by atoms with Crippen LogP contribution >= 0.6 is 0 Å². The summed E-state index contributed by atoms with van der Waals surface area (Å²) in [7, 11) is 3.58. The zero-order valence-electron chi connectivity index (χ0n) is 19.5. The van der Waals surface area contributed by atoms with E-state index in [9.17, 15) is 9.59 Å². The van der Waals surface area contributed by atoms with Gasteiger partial charge >= 0.3 is 12.1 Å². The Morgan fingerprint density at radius 2 is 1.60 bits per heavy atom. The van der Waals surface area contributed by atoms with Gasteiger partial charge in [0.2, 0.25) is 0 Å². The molecule has 7 nitrogen and oxygen atoms in total. The molecule has 0 aliphatic rings. The van der Waals surface area contributed by atoms with Gasteiger partial charge < -0.3 is 19.1 Å². The molecule has 0 radical (unpaired) electrons. The van der Waals surface area contributed by atoms with Crippen molar-refractivity contribution in [3.63, 3.8) is 0 Å². The zero-order chi connectivity index (χ0) is 22.7. The second-order valence-electron chi connectivity index (χ2n) is 8.78. The molecule has 0 aromatic heterocycles. The monoisotopic (exact) mass is 422 g/mol. The molecular formula is C23H38N2O5. The number of benzene rings is 1. The molecule has 0 spiro atoms. The van der Waals surface area contributed by atoms with Crippen LogP contribution in [-0.4, -0.2) is 73.9 Å². The molecule has 0 saturated heterocycles. The van der Waals surface area contributed by atoms with Gasteiger partial charge in [-0.15, -0.1) is 0 Å². The van der Waals surface area contributed by atoms with Crippen LogP contribution in [-0.2, 0) is 25.6 Å².